The molecule has 94 valence electrons. The summed E-state index contributed by atoms with van der Waals surface area (Å²) in [4.78, 5) is 17.8. The number of hydrogen-bond donors (Lipinski definition) is 2. The molecule has 2 aromatic rings. The molecule has 0 radical (unpaired) electrons. The summed E-state index contributed by atoms with van der Waals surface area (Å²) in [6.45, 7) is 0. The first-order valence-electron chi connectivity index (χ1n) is 5.73. The fourth-order valence-corrected chi connectivity index (χ4v) is 2.17. The molecule has 0 aliphatic rings. The molecule has 4 heteroatoms. The van der Waals surface area contributed by atoms with E-state index in [1.54, 1.807) is 6.07 Å². The van der Waals surface area contributed by atoms with Gasteiger partial charge in [0, 0.05) is 0 Å². The normalized spacial score (nSPS) is 10.6. The van der Waals surface area contributed by atoms with Crippen LogP contribution in [0.25, 0.3) is 0 Å². The maximum absolute atomic E-state index is 8.91. The Morgan fingerprint density at radius 1 is 0.833 bits per heavy atom. The first-order chi connectivity index (χ1) is 8.75. The quantitative estimate of drug-likeness (QED) is 0.814. The molecule has 2 rings (SSSR count). The number of hydrogen-bond acceptors (Lipinski definition) is 3. The molecule has 0 heterocycles. The van der Waals surface area contributed by atoms with E-state index in [0.717, 1.165) is 18.4 Å². The lowest BCUT2D eigenvalue weighted by Crippen LogP contribution is -1.95. The van der Waals surface area contributed by atoms with E-state index >= 15 is 0 Å². The maximum atomic E-state index is 8.91. The minimum absolute atomic E-state index is 0.546. The molecule has 0 spiro atoms. The molecule has 0 amide bonds. The molecule has 18 heavy (non-hydrogen) atoms. The Morgan fingerprint density at radius 2 is 1.50 bits per heavy atom. The Labute approximate surface area is 108 Å². The predicted octanol–water partition coefficient (Wildman–Crippen LogP) is 3.06. The Hall–Kier alpha value is -1.41. The monoisotopic (exact) mass is 262 g/mol. The van der Waals surface area contributed by atoms with E-state index in [2.05, 4.69) is 12.1 Å². The van der Waals surface area contributed by atoms with E-state index in [9.17, 15) is 0 Å². The van der Waals surface area contributed by atoms with Crippen molar-refractivity contribution in [3.8, 4) is 5.75 Å². The van der Waals surface area contributed by atoms with E-state index in [1.807, 2.05) is 36.4 Å². The van der Waals surface area contributed by atoms with Crippen LogP contribution in [0.4, 0.5) is 0 Å². The molecule has 0 saturated heterocycles. The summed E-state index contributed by atoms with van der Waals surface area (Å²) in [5.74, 6) is 0.546. The van der Waals surface area contributed by atoms with Crippen LogP contribution in [0.5, 0.6) is 5.75 Å². The van der Waals surface area contributed by atoms with Crippen molar-refractivity contribution in [3.63, 3.8) is 0 Å². The Kier molecular flexibility index (Phi) is 4.71. The van der Waals surface area contributed by atoms with Crippen LogP contribution < -0.4 is 4.52 Å². The summed E-state index contributed by atoms with van der Waals surface area (Å²) in [7, 11) is -2.36. The van der Waals surface area contributed by atoms with Crippen molar-refractivity contribution in [1.82, 2.24) is 0 Å². The third-order valence-electron chi connectivity index (χ3n) is 2.68. The van der Waals surface area contributed by atoms with Crippen molar-refractivity contribution in [2.45, 2.75) is 12.8 Å². The minimum atomic E-state index is -2.36. The zero-order valence-corrected chi connectivity index (χ0v) is 10.8. The summed E-state index contributed by atoms with van der Waals surface area (Å²) in [6, 6.07) is 17.6. The van der Waals surface area contributed by atoms with Gasteiger partial charge in [-0.05, 0) is 30.0 Å². The molecule has 0 fully saturated rings. The number of benzene rings is 2. The average molecular weight is 262 g/mol. The van der Waals surface area contributed by atoms with E-state index in [1.165, 1.54) is 5.56 Å². The number of para-hydroxylation sites is 1. The molecule has 0 unspecified atom stereocenters. The van der Waals surface area contributed by atoms with Crippen LogP contribution in [-0.4, -0.2) is 9.79 Å². The fourth-order valence-electron chi connectivity index (χ4n) is 1.81. The van der Waals surface area contributed by atoms with Gasteiger partial charge in [-0.15, -0.1) is 0 Å². The van der Waals surface area contributed by atoms with Gasteiger partial charge in [0.25, 0.3) is 0 Å². The van der Waals surface area contributed by atoms with Gasteiger partial charge >= 0.3 is 8.60 Å². The third-order valence-corrected chi connectivity index (χ3v) is 3.04. The molecule has 3 nitrogen and oxygen atoms in total. The lowest BCUT2D eigenvalue weighted by molar-refractivity contribution is 0.373. The van der Waals surface area contributed by atoms with Gasteiger partial charge in [0.1, 0.15) is 5.75 Å². The lowest BCUT2D eigenvalue weighted by Gasteiger charge is -2.10. The van der Waals surface area contributed by atoms with Gasteiger partial charge in [0.05, 0.1) is 0 Å². The highest BCUT2D eigenvalue weighted by Gasteiger charge is 2.07. The average Bonchev–Trinajstić information content (AvgIpc) is 2.38. The SMILES string of the molecule is OP(O)Oc1ccccc1CCc1ccccc1. The standard InChI is InChI=1S/C14H15O3P/c15-18(16)17-14-9-5-4-8-13(14)11-10-12-6-2-1-3-7-12/h1-9,15-16H,10-11H2. The highest BCUT2D eigenvalue weighted by molar-refractivity contribution is 7.39. The molecular formula is C14H15O3P. The van der Waals surface area contributed by atoms with Crippen molar-refractivity contribution in [2.75, 3.05) is 0 Å². The zero-order valence-electron chi connectivity index (χ0n) is 9.86. The van der Waals surface area contributed by atoms with Crippen molar-refractivity contribution < 1.29 is 14.3 Å². The highest BCUT2D eigenvalue weighted by Crippen LogP contribution is 2.31. The van der Waals surface area contributed by atoms with Gasteiger partial charge in [-0.2, -0.15) is 0 Å². The predicted molar refractivity (Wildman–Crippen MR) is 72.3 cm³/mol. The van der Waals surface area contributed by atoms with Crippen LogP contribution in [0.15, 0.2) is 54.6 Å². The second-order valence-electron chi connectivity index (χ2n) is 3.94. The second-order valence-corrected chi connectivity index (χ2v) is 4.63. The molecule has 0 saturated carbocycles. The largest absolute Gasteiger partial charge is 0.427 e. The minimum Gasteiger partial charge on any atom is -0.427 e. The van der Waals surface area contributed by atoms with Crippen LogP contribution >= 0.6 is 8.60 Å². The summed E-state index contributed by atoms with van der Waals surface area (Å²) >= 11 is 0. The van der Waals surface area contributed by atoms with Gasteiger partial charge in [-0.1, -0.05) is 48.5 Å². The number of aryl methyl sites for hydroxylation is 2. The van der Waals surface area contributed by atoms with Gasteiger partial charge < -0.3 is 14.3 Å². The molecule has 0 aliphatic heterocycles. The summed E-state index contributed by atoms with van der Waals surface area (Å²) in [5, 5.41) is 0. The van der Waals surface area contributed by atoms with Crippen molar-refractivity contribution in [1.29, 1.82) is 0 Å². The summed E-state index contributed by atoms with van der Waals surface area (Å²) in [6.07, 6.45) is 1.71. The topological polar surface area (TPSA) is 49.7 Å². The molecule has 0 aromatic heterocycles. The molecule has 2 aromatic carbocycles. The molecule has 2 N–H and O–H groups in total. The Balaban J connectivity index is 2.05. The van der Waals surface area contributed by atoms with Crippen LogP contribution in [-0.2, 0) is 12.8 Å². The van der Waals surface area contributed by atoms with Gasteiger partial charge in [0.15, 0.2) is 0 Å². The third kappa shape index (κ3) is 3.81. The van der Waals surface area contributed by atoms with E-state index in [0.29, 0.717) is 5.75 Å². The van der Waals surface area contributed by atoms with E-state index < -0.39 is 8.60 Å². The van der Waals surface area contributed by atoms with Gasteiger partial charge in [-0.25, -0.2) is 0 Å². The van der Waals surface area contributed by atoms with Crippen LogP contribution in [0, 0.1) is 0 Å². The maximum Gasteiger partial charge on any atom is 0.391 e. The summed E-state index contributed by atoms with van der Waals surface area (Å²) < 4.78 is 5.01. The Bertz CT molecular complexity index is 485. The Morgan fingerprint density at radius 3 is 2.22 bits per heavy atom. The van der Waals surface area contributed by atoms with Gasteiger partial charge in [-0.3, -0.25) is 0 Å². The summed E-state index contributed by atoms with van der Waals surface area (Å²) in [5.41, 5.74) is 2.24. The first kappa shape index (κ1) is 13.0. The van der Waals surface area contributed by atoms with Crippen molar-refractivity contribution in [3.05, 3.63) is 65.7 Å². The fraction of sp³-hybridized carbons (Fsp3) is 0.143. The smallest absolute Gasteiger partial charge is 0.391 e. The second kappa shape index (κ2) is 6.50. The first-order valence-corrected chi connectivity index (χ1v) is 6.90. The lowest BCUT2D eigenvalue weighted by atomic mass is 10.0. The van der Waals surface area contributed by atoms with Gasteiger partial charge in [0.2, 0.25) is 0 Å². The van der Waals surface area contributed by atoms with Crippen molar-refractivity contribution in [2.24, 2.45) is 0 Å². The zero-order chi connectivity index (χ0) is 12.8. The highest BCUT2D eigenvalue weighted by atomic mass is 31.2. The molecule has 0 atom stereocenters. The van der Waals surface area contributed by atoms with Crippen LogP contribution in [0.1, 0.15) is 11.1 Å². The van der Waals surface area contributed by atoms with Crippen molar-refractivity contribution >= 4 is 8.60 Å². The molecule has 0 bridgehead atoms. The van der Waals surface area contributed by atoms with Crippen LogP contribution in [0.2, 0.25) is 0 Å². The van der Waals surface area contributed by atoms with Crippen LogP contribution in [0.3, 0.4) is 0 Å². The molecular weight excluding hydrogens is 247 g/mol. The van der Waals surface area contributed by atoms with E-state index in [-0.39, 0.29) is 0 Å². The molecule has 0 aliphatic carbocycles. The number of rotatable bonds is 5. The van der Waals surface area contributed by atoms with E-state index in [4.69, 9.17) is 14.3 Å².